The maximum absolute atomic E-state index is 12.4. The molecule has 0 aliphatic heterocycles. The van der Waals surface area contributed by atoms with Crippen LogP contribution in [0.4, 0.5) is 0 Å². The van der Waals surface area contributed by atoms with Crippen LogP contribution in [0.2, 0.25) is 0 Å². The molecule has 0 heterocycles. The molecule has 0 atom stereocenters. The van der Waals surface area contributed by atoms with Gasteiger partial charge in [-0.25, -0.2) is 0 Å². The van der Waals surface area contributed by atoms with Crippen LogP contribution < -0.4 is 5.11 Å². The number of rotatable bonds is 4. The predicted molar refractivity (Wildman–Crippen MR) is 70.7 cm³/mol. The highest BCUT2D eigenvalue weighted by molar-refractivity contribution is 6.15. The Morgan fingerprint density at radius 1 is 0.895 bits per heavy atom. The third-order valence-electron chi connectivity index (χ3n) is 2.82. The van der Waals surface area contributed by atoms with Gasteiger partial charge in [-0.1, -0.05) is 61.2 Å². The van der Waals surface area contributed by atoms with E-state index in [-0.39, 0.29) is 16.9 Å². The fourth-order valence-corrected chi connectivity index (χ4v) is 1.89. The summed E-state index contributed by atoms with van der Waals surface area (Å²) in [6.45, 7) is 3.64. The standard InChI is InChI=1S/C16H12O3/c1-2-11-7-3-4-8-12(11)15(17)13-9-5-6-10-14(13)16(18)19/h2-10H,1H2,(H,18,19)/p-1. The van der Waals surface area contributed by atoms with Crippen molar-refractivity contribution < 1.29 is 14.7 Å². The summed E-state index contributed by atoms with van der Waals surface area (Å²) in [7, 11) is 0. The molecule has 0 aliphatic rings. The quantitative estimate of drug-likeness (QED) is 0.780. The van der Waals surface area contributed by atoms with Gasteiger partial charge in [0.25, 0.3) is 0 Å². The average Bonchev–Trinajstić information content (AvgIpc) is 2.46. The molecule has 0 unspecified atom stereocenters. The van der Waals surface area contributed by atoms with Crippen LogP contribution >= 0.6 is 0 Å². The number of carbonyl (C=O) groups is 2. The number of carbonyl (C=O) groups excluding carboxylic acids is 2. The molecular formula is C16H11O3-. The lowest BCUT2D eigenvalue weighted by Crippen LogP contribution is -2.25. The van der Waals surface area contributed by atoms with E-state index >= 15 is 0 Å². The molecule has 94 valence electrons. The highest BCUT2D eigenvalue weighted by Crippen LogP contribution is 2.18. The van der Waals surface area contributed by atoms with Crippen LogP contribution in [0.15, 0.2) is 55.1 Å². The number of ketones is 1. The smallest absolute Gasteiger partial charge is 0.194 e. The molecule has 2 rings (SSSR count). The van der Waals surface area contributed by atoms with Crippen molar-refractivity contribution in [3.63, 3.8) is 0 Å². The van der Waals surface area contributed by atoms with Crippen molar-refractivity contribution in [1.29, 1.82) is 0 Å². The summed E-state index contributed by atoms with van der Waals surface area (Å²) >= 11 is 0. The maximum atomic E-state index is 12.4. The molecule has 0 radical (unpaired) electrons. The third kappa shape index (κ3) is 2.45. The summed E-state index contributed by atoms with van der Waals surface area (Å²) in [5.74, 6) is -1.71. The minimum Gasteiger partial charge on any atom is -0.545 e. The molecule has 0 saturated heterocycles. The Labute approximate surface area is 110 Å². The molecule has 0 aliphatic carbocycles. The Hall–Kier alpha value is -2.68. The molecule has 0 N–H and O–H groups in total. The van der Waals surface area contributed by atoms with Gasteiger partial charge in [-0.15, -0.1) is 0 Å². The molecule has 0 aromatic heterocycles. The van der Waals surface area contributed by atoms with Crippen molar-refractivity contribution in [3.8, 4) is 0 Å². The second-order valence-corrected chi connectivity index (χ2v) is 3.95. The van der Waals surface area contributed by atoms with Gasteiger partial charge in [-0.2, -0.15) is 0 Å². The lowest BCUT2D eigenvalue weighted by molar-refractivity contribution is -0.255. The molecule has 2 aromatic rings. The van der Waals surface area contributed by atoms with E-state index in [2.05, 4.69) is 6.58 Å². The molecule has 0 bridgehead atoms. The van der Waals surface area contributed by atoms with Gasteiger partial charge < -0.3 is 9.90 Å². The van der Waals surface area contributed by atoms with E-state index < -0.39 is 5.97 Å². The number of carboxylic acid groups (broad SMARTS) is 1. The van der Waals surface area contributed by atoms with Crippen LogP contribution in [0, 0.1) is 0 Å². The lowest BCUT2D eigenvalue weighted by Gasteiger charge is -2.10. The van der Waals surface area contributed by atoms with Crippen molar-refractivity contribution in [1.82, 2.24) is 0 Å². The van der Waals surface area contributed by atoms with Gasteiger partial charge in [0.2, 0.25) is 0 Å². The molecule has 0 amide bonds. The van der Waals surface area contributed by atoms with Gasteiger partial charge in [0, 0.05) is 16.7 Å². The fraction of sp³-hybridized carbons (Fsp3) is 0. The summed E-state index contributed by atoms with van der Waals surface area (Å²) in [6, 6.07) is 12.9. The zero-order chi connectivity index (χ0) is 13.8. The predicted octanol–water partition coefficient (Wildman–Crippen LogP) is 1.92. The van der Waals surface area contributed by atoms with Crippen molar-refractivity contribution in [2.45, 2.75) is 0 Å². The number of hydrogen-bond acceptors (Lipinski definition) is 3. The summed E-state index contributed by atoms with van der Waals surface area (Å²) in [5, 5.41) is 11.0. The van der Waals surface area contributed by atoms with Crippen LogP contribution in [0.25, 0.3) is 6.08 Å². The first-order valence-electron chi connectivity index (χ1n) is 5.71. The SMILES string of the molecule is C=Cc1ccccc1C(=O)c1ccccc1C(=O)[O-]. The van der Waals surface area contributed by atoms with Crippen molar-refractivity contribution >= 4 is 17.8 Å². The van der Waals surface area contributed by atoms with Crippen LogP contribution in [0.3, 0.4) is 0 Å². The van der Waals surface area contributed by atoms with Crippen LogP contribution in [0.1, 0.15) is 31.8 Å². The lowest BCUT2D eigenvalue weighted by atomic mass is 9.95. The third-order valence-corrected chi connectivity index (χ3v) is 2.82. The molecule has 19 heavy (non-hydrogen) atoms. The number of carboxylic acids is 1. The zero-order valence-electron chi connectivity index (χ0n) is 10.1. The van der Waals surface area contributed by atoms with Gasteiger partial charge in [0.15, 0.2) is 5.78 Å². The zero-order valence-corrected chi connectivity index (χ0v) is 10.1. The monoisotopic (exact) mass is 251 g/mol. The van der Waals surface area contributed by atoms with Gasteiger partial charge in [-0.3, -0.25) is 4.79 Å². The van der Waals surface area contributed by atoms with E-state index in [0.717, 1.165) is 0 Å². The normalized spacial score (nSPS) is 9.89. The Morgan fingerprint density at radius 2 is 1.42 bits per heavy atom. The average molecular weight is 251 g/mol. The summed E-state index contributed by atoms with van der Waals surface area (Å²) in [4.78, 5) is 23.4. The Kier molecular flexibility index (Phi) is 3.57. The molecule has 0 saturated carbocycles. The molecule has 3 heteroatoms. The Morgan fingerprint density at radius 3 is 2.00 bits per heavy atom. The minimum atomic E-state index is -1.36. The van der Waals surface area contributed by atoms with E-state index in [1.807, 2.05) is 0 Å². The van der Waals surface area contributed by atoms with Crippen LogP contribution in [-0.2, 0) is 0 Å². The van der Waals surface area contributed by atoms with Gasteiger partial charge >= 0.3 is 0 Å². The molecular weight excluding hydrogens is 240 g/mol. The number of aromatic carboxylic acids is 1. The second kappa shape index (κ2) is 5.31. The first-order chi connectivity index (χ1) is 9.15. The second-order valence-electron chi connectivity index (χ2n) is 3.95. The Bertz CT molecular complexity index is 657. The van der Waals surface area contributed by atoms with E-state index in [1.54, 1.807) is 42.5 Å². The van der Waals surface area contributed by atoms with Crippen molar-refractivity contribution in [2.75, 3.05) is 0 Å². The largest absolute Gasteiger partial charge is 0.545 e. The highest BCUT2D eigenvalue weighted by atomic mass is 16.4. The van der Waals surface area contributed by atoms with Gasteiger partial charge in [-0.05, 0) is 5.56 Å². The Balaban J connectivity index is 2.57. The van der Waals surface area contributed by atoms with Gasteiger partial charge in [0.05, 0.1) is 5.97 Å². The van der Waals surface area contributed by atoms with E-state index in [4.69, 9.17) is 0 Å². The summed E-state index contributed by atoms with van der Waals surface area (Å²) in [5.41, 5.74) is 1.11. The molecule has 0 spiro atoms. The van der Waals surface area contributed by atoms with Crippen LogP contribution in [0.5, 0.6) is 0 Å². The highest BCUT2D eigenvalue weighted by Gasteiger charge is 2.15. The molecule has 0 fully saturated rings. The van der Waals surface area contributed by atoms with E-state index in [0.29, 0.717) is 11.1 Å². The molecule has 3 nitrogen and oxygen atoms in total. The minimum absolute atomic E-state index is 0.105. The number of benzene rings is 2. The van der Waals surface area contributed by atoms with Gasteiger partial charge in [0.1, 0.15) is 0 Å². The number of hydrogen-bond donors (Lipinski definition) is 0. The maximum Gasteiger partial charge on any atom is 0.194 e. The van der Waals surface area contributed by atoms with Crippen molar-refractivity contribution in [3.05, 3.63) is 77.4 Å². The fourth-order valence-electron chi connectivity index (χ4n) is 1.89. The summed E-state index contributed by atoms with van der Waals surface area (Å²) in [6.07, 6.45) is 1.56. The van der Waals surface area contributed by atoms with E-state index in [1.165, 1.54) is 12.1 Å². The first-order valence-corrected chi connectivity index (χ1v) is 5.71. The van der Waals surface area contributed by atoms with Crippen LogP contribution in [-0.4, -0.2) is 11.8 Å². The topological polar surface area (TPSA) is 57.2 Å². The first kappa shape index (κ1) is 12.8. The van der Waals surface area contributed by atoms with E-state index in [9.17, 15) is 14.7 Å². The summed E-state index contributed by atoms with van der Waals surface area (Å²) < 4.78 is 0. The van der Waals surface area contributed by atoms with Crippen molar-refractivity contribution in [2.24, 2.45) is 0 Å². The molecule has 2 aromatic carbocycles.